The van der Waals surface area contributed by atoms with Crippen LogP contribution in [-0.4, -0.2) is 37.1 Å². The van der Waals surface area contributed by atoms with Crippen LogP contribution in [0.1, 0.15) is 39.2 Å². The number of fused-ring (bicyclic) bond motifs is 1. The third-order valence-corrected chi connectivity index (χ3v) is 5.15. The molecular formula is C18H28N2. The van der Waals surface area contributed by atoms with Crippen molar-refractivity contribution in [3.63, 3.8) is 0 Å². The molecule has 1 aromatic carbocycles. The fourth-order valence-corrected chi connectivity index (χ4v) is 3.74. The van der Waals surface area contributed by atoms with Crippen molar-refractivity contribution in [3.8, 4) is 0 Å². The Balaban J connectivity index is 1.69. The van der Waals surface area contributed by atoms with E-state index < -0.39 is 0 Å². The highest BCUT2D eigenvalue weighted by Crippen LogP contribution is 2.35. The van der Waals surface area contributed by atoms with Gasteiger partial charge in [0.2, 0.25) is 0 Å². The Kier molecular flexibility index (Phi) is 3.76. The molecule has 2 heterocycles. The summed E-state index contributed by atoms with van der Waals surface area (Å²) in [7, 11) is 0. The van der Waals surface area contributed by atoms with Crippen LogP contribution in [0.15, 0.2) is 24.3 Å². The van der Waals surface area contributed by atoms with Gasteiger partial charge < -0.3 is 9.80 Å². The minimum Gasteiger partial charge on any atom is -0.371 e. The van der Waals surface area contributed by atoms with E-state index in [2.05, 4.69) is 61.8 Å². The molecule has 1 aromatic rings. The van der Waals surface area contributed by atoms with Gasteiger partial charge in [-0.2, -0.15) is 0 Å². The molecule has 20 heavy (non-hydrogen) atoms. The van der Waals surface area contributed by atoms with Crippen molar-refractivity contribution in [1.82, 2.24) is 4.90 Å². The average molecular weight is 272 g/mol. The van der Waals surface area contributed by atoms with Gasteiger partial charge in [-0.25, -0.2) is 0 Å². The summed E-state index contributed by atoms with van der Waals surface area (Å²) in [6, 6.07) is 9.86. The Morgan fingerprint density at radius 3 is 2.15 bits per heavy atom. The molecule has 0 N–H and O–H groups in total. The first kappa shape index (κ1) is 13.9. The molecule has 0 aliphatic carbocycles. The molecule has 2 fully saturated rings. The van der Waals surface area contributed by atoms with Crippen LogP contribution in [0.3, 0.4) is 0 Å². The normalized spacial score (nSPS) is 26.8. The summed E-state index contributed by atoms with van der Waals surface area (Å²) in [6.07, 6.45) is 0. The zero-order valence-corrected chi connectivity index (χ0v) is 13.3. The molecule has 0 amide bonds. The smallest absolute Gasteiger partial charge is 0.0369 e. The summed E-state index contributed by atoms with van der Waals surface area (Å²) >= 11 is 0. The molecule has 0 aromatic heterocycles. The zero-order chi connectivity index (χ0) is 14.3. The monoisotopic (exact) mass is 272 g/mol. The third kappa shape index (κ3) is 2.58. The maximum absolute atomic E-state index is 2.65. The van der Waals surface area contributed by atoms with E-state index >= 15 is 0 Å². The van der Waals surface area contributed by atoms with Gasteiger partial charge in [0.15, 0.2) is 0 Å². The Bertz CT molecular complexity index is 452. The van der Waals surface area contributed by atoms with E-state index in [9.17, 15) is 0 Å². The summed E-state index contributed by atoms with van der Waals surface area (Å²) < 4.78 is 0. The third-order valence-electron chi connectivity index (χ3n) is 5.15. The van der Waals surface area contributed by atoms with Crippen LogP contribution in [0.5, 0.6) is 0 Å². The average Bonchev–Trinajstić information content (AvgIpc) is 2.96. The van der Waals surface area contributed by atoms with E-state index in [1.54, 1.807) is 0 Å². The van der Waals surface area contributed by atoms with Crippen LogP contribution in [0.25, 0.3) is 0 Å². The van der Waals surface area contributed by atoms with E-state index in [1.807, 2.05) is 0 Å². The van der Waals surface area contributed by atoms with Gasteiger partial charge in [0.25, 0.3) is 0 Å². The van der Waals surface area contributed by atoms with Gasteiger partial charge in [-0.05, 0) is 49.3 Å². The largest absolute Gasteiger partial charge is 0.371 e. The second-order valence-electron chi connectivity index (χ2n) is 7.22. The minimum atomic E-state index is 0.619. The van der Waals surface area contributed by atoms with Crippen LogP contribution < -0.4 is 4.90 Å². The number of nitrogens with zero attached hydrogens (tertiary/aromatic N) is 2. The highest BCUT2D eigenvalue weighted by molar-refractivity contribution is 5.50. The van der Waals surface area contributed by atoms with Gasteiger partial charge in [-0.15, -0.1) is 0 Å². The van der Waals surface area contributed by atoms with E-state index in [4.69, 9.17) is 0 Å². The fraction of sp³-hybridized carbons (Fsp3) is 0.667. The maximum Gasteiger partial charge on any atom is 0.0369 e. The van der Waals surface area contributed by atoms with Gasteiger partial charge in [-0.1, -0.05) is 26.0 Å². The zero-order valence-electron chi connectivity index (χ0n) is 13.3. The molecule has 2 saturated heterocycles. The van der Waals surface area contributed by atoms with E-state index in [0.717, 1.165) is 11.8 Å². The Morgan fingerprint density at radius 2 is 1.60 bits per heavy atom. The second kappa shape index (κ2) is 5.40. The van der Waals surface area contributed by atoms with Gasteiger partial charge in [-0.3, -0.25) is 0 Å². The van der Waals surface area contributed by atoms with Gasteiger partial charge >= 0.3 is 0 Å². The van der Waals surface area contributed by atoms with Gasteiger partial charge in [0.1, 0.15) is 0 Å². The summed E-state index contributed by atoms with van der Waals surface area (Å²) in [4.78, 5) is 5.26. The van der Waals surface area contributed by atoms with E-state index in [1.165, 1.54) is 37.4 Å². The molecule has 0 saturated carbocycles. The number of likely N-dealkylation sites (tertiary alicyclic amines) is 1. The van der Waals surface area contributed by atoms with Crippen molar-refractivity contribution in [2.24, 2.45) is 11.8 Å². The van der Waals surface area contributed by atoms with Gasteiger partial charge in [0.05, 0.1) is 0 Å². The first-order valence-corrected chi connectivity index (χ1v) is 8.13. The van der Waals surface area contributed by atoms with Crippen LogP contribution in [0.2, 0.25) is 0 Å². The lowest BCUT2D eigenvalue weighted by molar-refractivity contribution is 0.258. The Hall–Kier alpha value is -1.02. The summed E-state index contributed by atoms with van der Waals surface area (Å²) in [6.45, 7) is 14.3. The predicted octanol–water partition coefficient (Wildman–Crippen LogP) is 3.59. The van der Waals surface area contributed by atoms with Crippen LogP contribution in [0, 0.1) is 11.8 Å². The molecule has 110 valence electrons. The van der Waals surface area contributed by atoms with Gasteiger partial charge in [0, 0.05) is 37.9 Å². The Labute approximate surface area is 123 Å². The summed E-state index contributed by atoms with van der Waals surface area (Å²) in [5.74, 6) is 2.37. The van der Waals surface area contributed by atoms with Crippen molar-refractivity contribution < 1.29 is 0 Å². The van der Waals surface area contributed by atoms with Crippen molar-refractivity contribution in [3.05, 3.63) is 29.8 Å². The standard InChI is InChI=1S/C18H28N2/c1-13(2)15-6-5-7-18(8-15)20-11-16-9-19(14(3)4)10-17(16)12-20/h5-8,13-14,16-17H,9-12H2,1-4H3. The molecule has 2 atom stereocenters. The molecule has 3 rings (SSSR count). The van der Waals surface area contributed by atoms with Crippen LogP contribution in [-0.2, 0) is 0 Å². The van der Waals surface area contributed by atoms with E-state index in [0.29, 0.717) is 12.0 Å². The molecular weight excluding hydrogens is 244 g/mol. The predicted molar refractivity (Wildman–Crippen MR) is 86.4 cm³/mol. The van der Waals surface area contributed by atoms with E-state index in [-0.39, 0.29) is 0 Å². The highest BCUT2D eigenvalue weighted by atomic mass is 15.2. The van der Waals surface area contributed by atoms with Crippen molar-refractivity contribution in [2.75, 3.05) is 31.1 Å². The highest BCUT2D eigenvalue weighted by Gasteiger charge is 2.40. The molecule has 2 aliphatic rings. The van der Waals surface area contributed by atoms with Crippen molar-refractivity contribution in [2.45, 2.75) is 39.7 Å². The number of anilines is 1. The summed E-state index contributed by atoms with van der Waals surface area (Å²) in [5.41, 5.74) is 2.89. The second-order valence-corrected chi connectivity index (χ2v) is 7.22. The molecule has 2 unspecified atom stereocenters. The van der Waals surface area contributed by atoms with Crippen molar-refractivity contribution in [1.29, 1.82) is 0 Å². The molecule has 0 spiro atoms. The lowest BCUT2D eigenvalue weighted by Crippen LogP contribution is -2.33. The lowest BCUT2D eigenvalue weighted by atomic mass is 10.0. The lowest BCUT2D eigenvalue weighted by Gasteiger charge is -2.25. The molecule has 2 heteroatoms. The molecule has 0 bridgehead atoms. The number of rotatable bonds is 3. The Morgan fingerprint density at radius 1 is 0.950 bits per heavy atom. The topological polar surface area (TPSA) is 6.48 Å². The first-order chi connectivity index (χ1) is 9.54. The summed E-state index contributed by atoms with van der Waals surface area (Å²) in [5, 5.41) is 0. The maximum atomic E-state index is 2.65. The first-order valence-electron chi connectivity index (χ1n) is 8.13. The number of hydrogen-bond acceptors (Lipinski definition) is 2. The SMILES string of the molecule is CC(C)c1cccc(N2CC3CN(C(C)C)CC3C2)c1. The minimum absolute atomic E-state index is 0.619. The van der Waals surface area contributed by atoms with Crippen LogP contribution in [0.4, 0.5) is 5.69 Å². The fourth-order valence-electron chi connectivity index (χ4n) is 3.74. The number of hydrogen-bond donors (Lipinski definition) is 0. The van der Waals surface area contributed by atoms with Crippen LogP contribution >= 0.6 is 0 Å². The molecule has 2 nitrogen and oxygen atoms in total. The van der Waals surface area contributed by atoms with Crippen molar-refractivity contribution >= 4 is 5.69 Å². The molecule has 2 aliphatic heterocycles. The molecule has 0 radical (unpaired) electrons. The number of benzene rings is 1. The quantitative estimate of drug-likeness (QED) is 0.830.